The Kier molecular flexibility index (Phi) is 5.11. The van der Waals surface area contributed by atoms with E-state index in [9.17, 15) is 0 Å². The Morgan fingerprint density at radius 1 is 1.11 bits per heavy atom. The molecule has 19 heavy (non-hydrogen) atoms. The lowest BCUT2D eigenvalue weighted by Gasteiger charge is -2.09. The van der Waals surface area contributed by atoms with Gasteiger partial charge in [-0.25, -0.2) is 0 Å². The fraction of sp³-hybridized carbons (Fsp3) is 0.200. The largest absolute Gasteiger partial charge is 0.496 e. The molecule has 0 aromatic heterocycles. The lowest BCUT2D eigenvalue weighted by molar-refractivity contribution is 0.412. The van der Waals surface area contributed by atoms with E-state index in [4.69, 9.17) is 16.3 Å². The molecule has 0 saturated carbocycles. The third kappa shape index (κ3) is 3.88. The van der Waals surface area contributed by atoms with Crippen LogP contribution in [0.1, 0.15) is 11.1 Å². The minimum Gasteiger partial charge on any atom is -0.496 e. The molecule has 0 spiro atoms. The van der Waals surface area contributed by atoms with Crippen LogP contribution < -0.4 is 10.1 Å². The summed E-state index contributed by atoms with van der Waals surface area (Å²) in [7, 11) is 1.66. The van der Waals surface area contributed by atoms with Crippen LogP contribution in [0.3, 0.4) is 0 Å². The first-order chi connectivity index (χ1) is 9.22. The van der Waals surface area contributed by atoms with Gasteiger partial charge in [-0.15, -0.1) is 11.6 Å². The van der Waals surface area contributed by atoms with Gasteiger partial charge in [-0.2, -0.15) is 0 Å². The lowest BCUT2D eigenvalue weighted by Crippen LogP contribution is -1.99. The third-order valence-corrected chi connectivity index (χ3v) is 3.75. The first kappa shape index (κ1) is 14.2. The van der Waals surface area contributed by atoms with Crippen molar-refractivity contribution in [3.63, 3.8) is 0 Å². The molecule has 0 aliphatic rings. The van der Waals surface area contributed by atoms with Crippen LogP contribution in [0.5, 0.6) is 5.75 Å². The minimum atomic E-state index is 0.547. The molecule has 0 bridgehead atoms. The van der Waals surface area contributed by atoms with Crippen molar-refractivity contribution in [1.82, 2.24) is 0 Å². The van der Waals surface area contributed by atoms with Gasteiger partial charge >= 0.3 is 0 Å². The quantitative estimate of drug-likeness (QED) is 0.789. The van der Waals surface area contributed by atoms with E-state index in [2.05, 4.69) is 27.3 Å². The second-order valence-electron chi connectivity index (χ2n) is 4.15. The van der Waals surface area contributed by atoms with Gasteiger partial charge in [0, 0.05) is 18.1 Å². The van der Waals surface area contributed by atoms with Crippen LogP contribution in [0.25, 0.3) is 0 Å². The summed E-state index contributed by atoms with van der Waals surface area (Å²) in [6.07, 6.45) is 0. The number of ether oxygens (including phenoxy) is 1. The van der Waals surface area contributed by atoms with Gasteiger partial charge < -0.3 is 10.1 Å². The Labute approximate surface area is 126 Å². The summed E-state index contributed by atoms with van der Waals surface area (Å²) >= 11 is 9.25. The van der Waals surface area contributed by atoms with Crippen molar-refractivity contribution in [2.45, 2.75) is 12.4 Å². The Morgan fingerprint density at radius 2 is 1.79 bits per heavy atom. The fourth-order valence-electron chi connectivity index (χ4n) is 1.74. The van der Waals surface area contributed by atoms with Crippen molar-refractivity contribution in [3.05, 3.63) is 58.1 Å². The molecule has 0 aliphatic carbocycles. The molecule has 2 aromatic carbocycles. The van der Waals surface area contributed by atoms with Gasteiger partial charge in [0.25, 0.3) is 0 Å². The number of nitrogens with one attached hydrogen (secondary N) is 1. The molecule has 0 saturated heterocycles. The van der Waals surface area contributed by atoms with E-state index in [1.165, 1.54) is 5.56 Å². The number of halogens is 2. The van der Waals surface area contributed by atoms with Crippen LogP contribution in [0, 0.1) is 0 Å². The summed E-state index contributed by atoms with van der Waals surface area (Å²) in [5.41, 5.74) is 3.40. The highest BCUT2D eigenvalue weighted by molar-refractivity contribution is 9.10. The predicted molar refractivity (Wildman–Crippen MR) is 84.0 cm³/mol. The number of hydrogen-bond donors (Lipinski definition) is 1. The van der Waals surface area contributed by atoms with Gasteiger partial charge in [0.05, 0.1) is 11.6 Å². The Balaban J connectivity index is 1.99. The highest BCUT2D eigenvalue weighted by Crippen LogP contribution is 2.25. The van der Waals surface area contributed by atoms with E-state index >= 15 is 0 Å². The standard InChI is InChI=1S/C15H15BrClNO/c1-19-15-7-4-12(8-14(15)16)10-18-13-5-2-11(9-17)3-6-13/h2-8,18H,9-10H2,1H3. The SMILES string of the molecule is COc1ccc(CNc2ccc(CCl)cc2)cc1Br. The van der Waals surface area contributed by atoms with Gasteiger partial charge in [0.1, 0.15) is 5.75 Å². The summed E-state index contributed by atoms with van der Waals surface area (Å²) in [6, 6.07) is 14.2. The number of anilines is 1. The van der Waals surface area contributed by atoms with Crippen molar-refractivity contribution in [1.29, 1.82) is 0 Å². The van der Waals surface area contributed by atoms with E-state index < -0.39 is 0 Å². The molecule has 1 N–H and O–H groups in total. The van der Waals surface area contributed by atoms with E-state index in [1.807, 2.05) is 36.4 Å². The number of rotatable bonds is 5. The maximum atomic E-state index is 5.76. The van der Waals surface area contributed by atoms with E-state index in [-0.39, 0.29) is 0 Å². The molecular weight excluding hydrogens is 326 g/mol. The molecule has 100 valence electrons. The lowest BCUT2D eigenvalue weighted by atomic mass is 10.2. The number of methoxy groups -OCH3 is 1. The summed E-state index contributed by atoms with van der Waals surface area (Å²) in [5.74, 6) is 1.39. The van der Waals surface area contributed by atoms with E-state index in [0.29, 0.717) is 5.88 Å². The Bertz CT molecular complexity index is 542. The number of hydrogen-bond acceptors (Lipinski definition) is 2. The first-order valence-corrected chi connectivity index (χ1v) is 7.27. The zero-order valence-corrected chi connectivity index (χ0v) is 13.0. The summed E-state index contributed by atoms with van der Waals surface area (Å²) in [6.45, 7) is 0.767. The summed E-state index contributed by atoms with van der Waals surface area (Å²) < 4.78 is 6.17. The average Bonchev–Trinajstić information content (AvgIpc) is 2.46. The third-order valence-electron chi connectivity index (χ3n) is 2.82. The zero-order chi connectivity index (χ0) is 13.7. The molecule has 2 nitrogen and oxygen atoms in total. The van der Waals surface area contributed by atoms with Gasteiger partial charge in [-0.05, 0) is 51.3 Å². The van der Waals surface area contributed by atoms with Crippen LogP contribution in [-0.4, -0.2) is 7.11 Å². The maximum absolute atomic E-state index is 5.76. The normalized spacial score (nSPS) is 10.3. The Hall–Kier alpha value is -1.19. The number of benzene rings is 2. The second-order valence-corrected chi connectivity index (χ2v) is 5.27. The summed E-state index contributed by atoms with van der Waals surface area (Å²) in [4.78, 5) is 0. The van der Waals surface area contributed by atoms with E-state index in [0.717, 1.165) is 28.0 Å². The van der Waals surface area contributed by atoms with Crippen molar-refractivity contribution in [2.24, 2.45) is 0 Å². The molecular formula is C15H15BrClNO. The first-order valence-electron chi connectivity index (χ1n) is 5.94. The highest BCUT2D eigenvalue weighted by Gasteiger charge is 2.01. The van der Waals surface area contributed by atoms with Gasteiger partial charge in [0.2, 0.25) is 0 Å². The van der Waals surface area contributed by atoms with Crippen molar-refractivity contribution >= 4 is 33.2 Å². The highest BCUT2D eigenvalue weighted by atomic mass is 79.9. The average molecular weight is 341 g/mol. The second kappa shape index (κ2) is 6.83. The van der Waals surface area contributed by atoms with Crippen LogP contribution in [0.15, 0.2) is 46.9 Å². The Morgan fingerprint density at radius 3 is 2.37 bits per heavy atom. The predicted octanol–water partition coefficient (Wildman–Crippen LogP) is 4.81. The minimum absolute atomic E-state index is 0.547. The van der Waals surface area contributed by atoms with Crippen LogP contribution in [0.4, 0.5) is 5.69 Å². The molecule has 0 atom stereocenters. The van der Waals surface area contributed by atoms with Crippen molar-refractivity contribution in [2.75, 3.05) is 12.4 Å². The van der Waals surface area contributed by atoms with Gasteiger partial charge in [-0.1, -0.05) is 18.2 Å². The van der Waals surface area contributed by atoms with Gasteiger partial charge in [-0.3, -0.25) is 0 Å². The van der Waals surface area contributed by atoms with Crippen molar-refractivity contribution < 1.29 is 4.74 Å². The molecule has 4 heteroatoms. The fourth-order valence-corrected chi connectivity index (χ4v) is 2.50. The van der Waals surface area contributed by atoms with Crippen LogP contribution in [0.2, 0.25) is 0 Å². The zero-order valence-electron chi connectivity index (χ0n) is 10.6. The molecule has 2 aromatic rings. The van der Waals surface area contributed by atoms with Crippen molar-refractivity contribution in [3.8, 4) is 5.75 Å². The number of alkyl halides is 1. The topological polar surface area (TPSA) is 21.3 Å². The molecule has 0 amide bonds. The van der Waals surface area contributed by atoms with Crippen LogP contribution in [-0.2, 0) is 12.4 Å². The maximum Gasteiger partial charge on any atom is 0.133 e. The summed E-state index contributed by atoms with van der Waals surface area (Å²) in [5, 5.41) is 3.37. The van der Waals surface area contributed by atoms with E-state index in [1.54, 1.807) is 7.11 Å². The van der Waals surface area contributed by atoms with Crippen LogP contribution >= 0.6 is 27.5 Å². The molecule has 0 unspecified atom stereocenters. The molecule has 0 fully saturated rings. The molecule has 0 aliphatic heterocycles. The molecule has 0 heterocycles. The van der Waals surface area contributed by atoms with Gasteiger partial charge in [0.15, 0.2) is 0 Å². The molecule has 0 radical (unpaired) electrons. The molecule has 2 rings (SSSR count). The monoisotopic (exact) mass is 339 g/mol. The smallest absolute Gasteiger partial charge is 0.133 e.